The fourth-order valence-electron chi connectivity index (χ4n) is 2.27. The van der Waals surface area contributed by atoms with Crippen LogP contribution in [0.4, 0.5) is 0 Å². The number of carbonyl (C=O) groups is 1. The van der Waals surface area contributed by atoms with Gasteiger partial charge in [0.2, 0.25) is 15.9 Å². The number of sulfonamides is 1. The molecule has 2 rings (SSSR count). The lowest BCUT2D eigenvalue weighted by molar-refractivity contribution is -0.123. The van der Waals surface area contributed by atoms with E-state index in [0.29, 0.717) is 5.76 Å². The first-order chi connectivity index (χ1) is 11.2. The summed E-state index contributed by atoms with van der Waals surface area (Å²) in [7, 11) is -3.93. The molecule has 8 nitrogen and oxygen atoms in total. The summed E-state index contributed by atoms with van der Waals surface area (Å²) in [6.45, 7) is 6.74. The number of carbonyl (C=O) groups excluding carboxylic acids is 1. The zero-order valence-electron chi connectivity index (χ0n) is 14.0. The molecule has 0 unspecified atom stereocenters. The monoisotopic (exact) mass is 355 g/mol. The molecule has 0 spiro atoms. The molecule has 2 heterocycles. The molecule has 2 aromatic heterocycles. The Morgan fingerprint density at radius 1 is 1.33 bits per heavy atom. The van der Waals surface area contributed by atoms with Crippen molar-refractivity contribution < 1.29 is 22.2 Å². The predicted octanol–water partition coefficient (Wildman–Crippen LogP) is 1.50. The van der Waals surface area contributed by atoms with Gasteiger partial charge in [0.1, 0.15) is 22.4 Å². The molecule has 0 saturated heterocycles. The summed E-state index contributed by atoms with van der Waals surface area (Å²) < 4.78 is 37.6. The molecule has 24 heavy (non-hydrogen) atoms. The SMILES string of the molecule is Cc1noc(C)c1S(=O)(=O)N[C@H](C(=O)NCc1ccco1)C(C)C. The van der Waals surface area contributed by atoms with Gasteiger partial charge in [0.05, 0.1) is 12.8 Å². The fourth-order valence-corrected chi connectivity index (χ4v) is 3.95. The van der Waals surface area contributed by atoms with Gasteiger partial charge in [0, 0.05) is 0 Å². The first-order valence-electron chi connectivity index (χ1n) is 7.47. The highest BCUT2D eigenvalue weighted by molar-refractivity contribution is 7.89. The third kappa shape index (κ3) is 4.04. The van der Waals surface area contributed by atoms with Crippen molar-refractivity contribution in [1.29, 1.82) is 0 Å². The molecule has 0 radical (unpaired) electrons. The van der Waals surface area contributed by atoms with E-state index in [2.05, 4.69) is 15.2 Å². The van der Waals surface area contributed by atoms with Crippen molar-refractivity contribution >= 4 is 15.9 Å². The Morgan fingerprint density at radius 3 is 2.54 bits per heavy atom. The number of hydrogen-bond donors (Lipinski definition) is 2. The van der Waals surface area contributed by atoms with Crippen LogP contribution in [0.2, 0.25) is 0 Å². The van der Waals surface area contributed by atoms with Crippen LogP contribution in [0.25, 0.3) is 0 Å². The highest BCUT2D eigenvalue weighted by Crippen LogP contribution is 2.20. The maximum Gasteiger partial charge on any atom is 0.246 e. The van der Waals surface area contributed by atoms with E-state index < -0.39 is 22.0 Å². The van der Waals surface area contributed by atoms with Gasteiger partial charge in [-0.25, -0.2) is 8.42 Å². The minimum Gasteiger partial charge on any atom is -0.467 e. The average molecular weight is 355 g/mol. The molecule has 2 N–H and O–H groups in total. The van der Waals surface area contributed by atoms with Gasteiger partial charge in [-0.2, -0.15) is 4.72 Å². The van der Waals surface area contributed by atoms with Crippen LogP contribution >= 0.6 is 0 Å². The predicted molar refractivity (Wildman–Crippen MR) is 85.5 cm³/mol. The van der Waals surface area contributed by atoms with Crippen LogP contribution in [-0.2, 0) is 21.4 Å². The van der Waals surface area contributed by atoms with Crippen molar-refractivity contribution in [3.05, 3.63) is 35.6 Å². The molecule has 0 bridgehead atoms. The lowest BCUT2D eigenvalue weighted by Crippen LogP contribution is -2.49. The lowest BCUT2D eigenvalue weighted by Gasteiger charge is -2.21. The normalized spacial score (nSPS) is 13.2. The number of furan rings is 1. The van der Waals surface area contributed by atoms with Crippen LogP contribution < -0.4 is 10.0 Å². The standard InChI is InChI=1S/C15H21N3O5S/c1-9(2)13(15(19)16-8-12-6-5-7-22-12)18-24(20,21)14-10(3)17-23-11(14)4/h5-7,9,13,18H,8H2,1-4H3,(H,16,19)/t13-/m0/s1. The molecule has 0 aliphatic heterocycles. The van der Waals surface area contributed by atoms with Crippen LogP contribution in [-0.4, -0.2) is 25.5 Å². The Hall–Kier alpha value is -2.13. The number of nitrogens with zero attached hydrogens (tertiary/aromatic N) is 1. The molecule has 0 fully saturated rings. The van der Waals surface area contributed by atoms with E-state index in [1.54, 1.807) is 26.0 Å². The Labute approximate surface area is 140 Å². The third-order valence-electron chi connectivity index (χ3n) is 3.48. The molecule has 2 aromatic rings. The van der Waals surface area contributed by atoms with Gasteiger partial charge in [-0.1, -0.05) is 19.0 Å². The number of amides is 1. The number of hydrogen-bond acceptors (Lipinski definition) is 6. The first-order valence-corrected chi connectivity index (χ1v) is 8.96. The van der Waals surface area contributed by atoms with Crippen LogP contribution in [0.15, 0.2) is 32.2 Å². The maximum atomic E-state index is 12.6. The minimum absolute atomic E-state index is 0.0352. The van der Waals surface area contributed by atoms with Crippen molar-refractivity contribution in [3.63, 3.8) is 0 Å². The van der Waals surface area contributed by atoms with Crippen molar-refractivity contribution in [2.75, 3.05) is 0 Å². The fraction of sp³-hybridized carbons (Fsp3) is 0.467. The zero-order valence-corrected chi connectivity index (χ0v) is 14.8. The number of aromatic nitrogens is 1. The van der Waals surface area contributed by atoms with Gasteiger partial charge in [0.25, 0.3) is 0 Å². The molecule has 1 amide bonds. The van der Waals surface area contributed by atoms with Crippen molar-refractivity contribution in [3.8, 4) is 0 Å². The van der Waals surface area contributed by atoms with Crippen LogP contribution in [0, 0.1) is 19.8 Å². The van der Waals surface area contributed by atoms with Gasteiger partial charge in [0.15, 0.2) is 5.76 Å². The molecular weight excluding hydrogens is 334 g/mol. The number of rotatable bonds is 7. The van der Waals surface area contributed by atoms with E-state index in [-0.39, 0.29) is 28.8 Å². The molecule has 132 valence electrons. The summed E-state index contributed by atoms with van der Waals surface area (Å²) in [5.74, 6) is 0.0755. The maximum absolute atomic E-state index is 12.6. The number of nitrogens with one attached hydrogen (secondary N) is 2. The van der Waals surface area contributed by atoms with Crippen molar-refractivity contribution in [2.24, 2.45) is 5.92 Å². The van der Waals surface area contributed by atoms with Crippen LogP contribution in [0.1, 0.15) is 31.1 Å². The van der Waals surface area contributed by atoms with E-state index in [0.717, 1.165) is 0 Å². The molecule has 0 aromatic carbocycles. The summed E-state index contributed by atoms with van der Waals surface area (Å²) in [4.78, 5) is 12.3. The van der Waals surface area contributed by atoms with E-state index in [9.17, 15) is 13.2 Å². The topological polar surface area (TPSA) is 114 Å². The summed E-state index contributed by atoms with van der Waals surface area (Å²) in [6.07, 6.45) is 1.50. The molecule has 9 heteroatoms. The smallest absolute Gasteiger partial charge is 0.246 e. The van der Waals surface area contributed by atoms with Crippen LogP contribution in [0.5, 0.6) is 0 Å². The van der Waals surface area contributed by atoms with Gasteiger partial charge < -0.3 is 14.3 Å². The van der Waals surface area contributed by atoms with E-state index >= 15 is 0 Å². The number of aryl methyl sites for hydroxylation is 2. The summed E-state index contributed by atoms with van der Waals surface area (Å²) in [6, 6.07) is 2.50. The second-order valence-corrected chi connectivity index (χ2v) is 7.44. The van der Waals surface area contributed by atoms with Gasteiger partial charge in [-0.3, -0.25) is 4.79 Å². The quantitative estimate of drug-likeness (QED) is 0.778. The zero-order chi connectivity index (χ0) is 17.9. The highest BCUT2D eigenvalue weighted by Gasteiger charge is 2.31. The molecule has 0 saturated carbocycles. The Bertz CT molecular complexity index is 774. The summed E-state index contributed by atoms with van der Waals surface area (Å²) >= 11 is 0. The summed E-state index contributed by atoms with van der Waals surface area (Å²) in [5, 5.41) is 6.31. The van der Waals surface area contributed by atoms with Crippen molar-refractivity contribution in [2.45, 2.75) is 45.2 Å². The second-order valence-electron chi connectivity index (χ2n) is 5.79. The largest absolute Gasteiger partial charge is 0.467 e. The molecule has 1 atom stereocenters. The van der Waals surface area contributed by atoms with E-state index in [1.807, 2.05) is 0 Å². The van der Waals surface area contributed by atoms with Gasteiger partial charge >= 0.3 is 0 Å². The van der Waals surface area contributed by atoms with Crippen LogP contribution in [0.3, 0.4) is 0 Å². The molecule has 0 aliphatic rings. The average Bonchev–Trinajstić information content (AvgIpc) is 3.12. The third-order valence-corrected chi connectivity index (χ3v) is 5.17. The Balaban J connectivity index is 2.14. The highest BCUT2D eigenvalue weighted by atomic mass is 32.2. The molecule has 0 aliphatic carbocycles. The Kier molecular flexibility index (Phi) is 5.45. The van der Waals surface area contributed by atoms with E-state index in [1.165, 1.54) is 20.1 Å². The lowest BCUT2D eigenvalue weighted by atomic mass is 10.1. The second kappa shape index (κ2) is 7.18. The van der Waals surface area contributed by atoms with E-state index in [4.69, 9.17) is 8.94 Å². The van der Waals surface area contributed by atoms with Gasteiger partial charge in [-0.15, -0.1) is 0 Å². The van der Waals surface area contributed by atoms with Gasteiger partial charge in [-0.05, 0) is 31.9 Å². The Morgan fingerprint density at radius 2 is 2.04 bits per heavy atom. The first kappa shape index (κ1) is 18.2. The summed E-state index contributed by atoms with van der Waals surface area (Å²) in [5.41, 5.74) is 0.249. The molecular formula is C15H21N3O5S. The minimum atomic E-state index is -3.93. The van der Waals surface area contributed by atoms with Crippen molar-refractivity contribution in [1.82, 2.24) is 15.2 Å².